The molecule has 4 nitrogen and oxygen atoms in total. The van der Waals surface area contributed by atoms with Crippen LogP contribution in [-0.2, 0) is 4.74 Å². The number of carbonyl (C=O) groups excluding carboxylic acids is 1. The summed E-state index contributed by atoms with van der Waals surface area (Å²) in [7, 11) is 0. The molecule has 88 valence electrons. The van der Waals surface area contributed by atoms with Crippen LogP contribution in [0.25, 0.3) is 0 Å². The van der Waals surface area contributed by atoms with Crippen molar-refractivity contribution >= 4 is 11.7 Å². The van der Waals surface area contributed by atoms with Crippen LogP contribution in [0.3, 0.4) is 0 Å². The maximum Gasteiger partial charge on any atom is 0.340 e. The first-order chi connectivity index (χ1) is 7.56. The van der Waals surface area contributed by atoms with E-state index >= 15 is 0 Å². The van der Waals surface area contributed by atoms with E-state index < -0.39 is 5.97 Å². The van der Waals surface area contributed by atoms with Crippen molar-refractivity contribution in [2.45, 2.75) is 13.8 Å². The molecular weight excluding hydrogens is 206 g/mol. The summed E-state index contributed by atoms with van der Waals surface area (Å²) in [5.74, 6) is -0.503. The number of aliphatic hydroxyl groups is 1. The molecule has 0 heterocycles. The van der Waals surface area contributed by atoms with Crippen molar-refractivity contribution in [1.29, 1.82) is 0 Å². The molecule has 0 aromatic heterocycles. The maximum atomic E-state index is 11.7. The van der Waals surface area contributed by atoms with Gasteiger partial charge in [0.2, 0.25) is 0 Å². The van der Waals surface area contributed by atoms with Gasteiger partial charge in [0.25, 0.3) is 0 Å². The third-order valence-corrected chi connectivity index (χ3v) is 2.35. The van der Waals surface area contributed by atoms with E-state index in [4.69, 9.17) is 15.6 Å². The highest BCUT2D eigenvalue weighted by Crippen LogP contribution is 2.17. The number of nitrogen functional groups attached to an aromatic ring is 1. The van der Waals surface area contributed by atoms with Crippen LogP contribution in [0.5, 0.6) is 0 Å². The first-order valence-corrected chi connectivity index (χ1v) is 5.19. The lowest BCUT2D eigenvalue weighted by Gasteiger charge is -2.11. The first kappa shape index (κ1) is 12.5. The highest BCUT2D eigenvalue weighted by Gasteiger charge is 2.13. The second-order valence-electron chi connectivity index (χ2n) is 3.92. The Hall–Kier alpha value is -1.55. The van der Waals surface area contributed by atoms with Gasteiger partial charge in [-0.05, 0) is 18.6 Å². The molecule has 0 bridgehead atoms. The summed E-state index contributed by atoms with van der Waals surface area (Å²) in [5, 5.41) is 8.80. The van der Waals surface area contributed by atoms with E-state index in [1.807, 2.05) is 13.0 Å². The van der Waals surface area contributed by atoms with E-state index in [0.717, 1.165) is 5.56 Å². The second kappa shape index (κ2) is 5.51. The van der Waals surface area contributed by atoms with Crippen molar-refractivity contribution < 1.29 is 14.6 Å². The second-order valence-corrected chi connectivity index (χ2v) is 3.92. The lowest BCUT2D eigenvalue weighted by atomic mass is 10.1. The summed E-state index contributed by atoms with van der Waals surface area (Å²) in [4.78, 5) is 11.7. The van der Waals surface area contributed by atoms with Crippen molar-refractivity contribution in [2.24, 2.45) is 5.92 Å². The van der Waals surface area contributed by atoms with Crippen LogP contribution in [0, 0.1) is 12.8 Å². The summed E-state index contributed by atoms with van der Waals surface area (Å²) in [6, 6.07) is 5.23. The van der Waals surface area contributed by atoms with Crippen LogP contribution >= 0.6 is 0 Å². The molecule has 0 saturated heterocycles. The fourth-order valence-electron chi connectivity index (χ4n) is 1.21. The molecule has 0 aliphatic rings. The molecule has 3 N–H and O–H groups in total. The van der Waals surface area contributed by atoms with Gasteiger partial charge >= 0.3 is 5.97 Å². The highest BCUT2D eigenvalue weighted by molar-refractivity contribution is 5.95. The van der Waals surface area contributed by atoms with E-state index in [-0.39, 0.29) is 19.1 Å². The molecule has 0 aliphatic carbocycles. The first-order valence-electron chi connectivity index (χ1n) is 5.19. The van der Waals surface area contributed by atoms with Gasteiger partial charge in [-0.2, -0.15) is 0 Å². The molecule has 0 saturated carbocycles. The Morgan fingerprint density at radius 2 is 2.25 bits per heavy atom. The number of carbonyl (C=O) groups is 1. The molecule has 1 aromatic carbocycles. The number of rotatable bonds is 4. The zero-order chi connectivity index (χ0) is 12.1. The summed E-state index contributed by atoms with van der Waals surface area (Å²) in [6.45, 7) is 3.83. The molecule has 1 aromatic rings. The smallest absolute Gasteiger partial charge is 0.340 e. The van der Waals surface area contributed by atoms with Gasteiger partial charge in [-0.1, -0.05) is 19.1 Å². The van der Waals surface area contributed by atoms with Crippen molar-refractivity contribution in [3.63, 3.8) is 0 Å². The molecule has 1 atom stereocenters. The Kier molecular flexibility index (Phi) is 4.31. The Bertz CT molecular complexity index is 377. The van der Waals surface area contributed by atoms with E-state index in [1.165, 1.54) is 0 Å². The van der Waals surface area contributed by atoms with Crippen molar-refractivity contribution in [3.05, 3.63) is 29.3 Å². The average molecular weight is 223 g/mol. The predicted molar refractivity (Wildman–Crippen MR) is 62.1 cm³/mol. The monoisotopic (exact) mass is 223 g/mol. The van der Waals surface area contributed by atoms with Gasteiger partial charge in [0.1, 0.15) is 0 Å². The van der Waals surface area contributed by atoms with E-state index in [2.05, 4.69) is 0 Å². The molecule has 16 heavy (non-hydrogen) atoms. The van der Waals surface area contributed by atoms with Crippen LogP contribution in [0.1, 0.15) is 22.8 Å². The highest BCUT2D eigenvalue weighted by atomic mass is 16.5. The Morgan fingerprint density at radius 3 is 2.88 bits per heavy atom. The van der Waals surface area contributed by atoms with Crippen LogP contribution in [0.15, 0.2) is 18.2 Å². The number of anilines is 1. The van der Waals surface area contributed by atoms with Gasteiger partial charge in [-0.3, -0.25) is 0 Å². The molecular formula is C12H17NO3. The fraction of sp³-hybridized carbons (Fsp3) is 0.417. The van der Waals surface area contributed by atoms with Crippen LogP contribution < -0.4 is 5.73 Å². The fourth-order valence-corrected chi connectivity index (χ4v) is 1.21. The average Bonchev–Trinajstić information content (AvgIpc) is 2.29. The van der Waals surface area contributed by atoms with Crippen LogP contribution in [0.2, 0.25) is 0 Å². The number of nitrogens with two attached hydrogens (primary N) is 1. The summed E-state index contributed by atoms with van der Waals surface area (Å²) < 4.78 is 5.04. The minimum atomic E-state index is -0.443. The predicted octanol–water partition coefficient (Wildman–Crippen LogP) is 1.36. The topological polar surface area (TPSA) is 72.5 Å². The third-order valence-electron chi connectivity index (χ3n) is 2.35. The lowest BCUT2D eigenvalue weighted by molar-refractivity contribution is 0.0406. The number of esters is 1. The number of ether oxygens (including phenoxy) is 1. The quantitative estimate of drug-likeness (QED) is 0.597. The Morgan fingerprint density at radius 1 is 1.56 bits per heavy atom. The van der Waals surface area contributed by atoms with Gasteiger partial charge < -0.3 is 15.6 Å². The number of aryl methyl sites for hydroxylation is 1. The molecule has 0 spiro atoms. The van der Waals surface area contributed by atoms with E-state index in [1.54, 1.807) is 19.1 Å². The Balaban J connectivity index is 2.70. The summed E-state index contributed by atoms with van der Waals surface area (Å²) >= 11 is 0. The minimum absolute atomic E-state index is 0.00339. The Labute approximate surface area is 95.0 Å². The SMILES string of the molecule is Cc1cccc(C(=O)OCC(C)CO)c1N. The molecule has 4 heteroatoms. The van der Waals surface area contributed by atoms with Crippen molar-refractivity contribution in [2.75, 3.05) is 18.9 Å². The summed E-state index contributed by atoms with van der Waals surface area (Å²) in [5.41, 5.74) is 7.45. The zero-order valence-corrected chi connectivity index (χ0v) is 9.56. The number of hydrogen-bond donors (Lipinski definition) is 2. The standard InChI is InChI=1S/C12H17NO3/c1-8(6-14)7-16-12(15)10-5-3-4-9(2)11(10)13/h3-5,8,14H,6-7,13H2,1-2H3. The number of hydrogen-bond acceptors (Lipinski definition) is 4. The minimum Gasteiger partial charge on any atom is -0.462 e. The molecule has 0 radical (unpaired) electrons. The van der Waals surface area contributed by atoms with E-state index in [0.29, 0.717) is 11.3 Å². The van der Waals surface area contributed by atoms with E-state index in [9.17, 15) is 4.79 Å². The molecule has 0 aliphatic heterocycles. The molecule has 1 rings (SSSR count). The maximum absolute atomic E-state index is 11.7. The van der Waals surface area contributed by atoms with Gasteiger partial charge in [-0.15, -0.1) is 0 Å². The van der Waals surface area contributed by atoms with Crippen molar-refractivity contribution in [3.8, 4) is 0 Å². The number of para-hydroxylation sites is 1. The van der Waals surface area contributed by atoms with Gasteiger partial charge in [-0.25, -0.2) is 4.79 Å². The molecule has 0 fully saturated rings. The largest absolute Gasteiger partial charge is 0.462 e. The van der Waals surface area contributed by atoms with Gasteiger partial charge in [0.15, 0.2) is 0 Å². The molecule has 1 unspecified atom stereocenters. The van der Waals surface area contributed by atoms with Crippen LogP contribution in [0.4, 0.5) is 5.69 Å². The van der Waals surface area contributed by atoms with Crippen LogP contribution in [-0.4, -0.2) is 24.3 Å². The van der Waals surface area contributed by atoms with Gasteiger partial charge in [0, 0.05) is 18.2 Å². The molecule has 0 amide bonds. The number of benzene rings is 1. The lowest BCUT2D eigenvalue weighted by Crippen LogP contribution is -2.16. The number of aliphatic hydroxyl groups excluding tert-OH is 1. The summed E-state index contributed by atoms with van der Waals surface area (Å²) in [6.07, 6.45) is 0. The third kappa shape index (κ3) is 2.97. The zero-order valence-electron chi connectivity index (χ0n) is 9.56. The van der Waals surface area contributed by atoms with Gasteiger partial charge in [0.05, 0.1) is 12.2 Å². The van der Waals surface area contributed by atoms with Crippen molar-refractivity contribution in [1.82, 2.24) is 0 Å². The normalized spacial score (nSPS) is 12.2.